The highest BCUT2D eigenvalue weighted by Crippen LogP contribution is 2.53. The van der Waals surface area contributed by atoms with Gasteiger partial charge in [0.1, 0.15) is 0 Å². The Morgan fingerprint density at radius 3 is 1.59 bits per heavy atom. The average Bonchev–Trinajstić information content (AvgIpc) is 3.61. The first kappa shape index (κ1) is 25.5. The lowest BCUT2D eigenvalue weighted by molar-refractivity contribution is -0.123. The number of benzene rings is 2. The van der Waals surface area contributed by atoms with Crippen molar-refractivity contribution in [3.63, 3.8) is 0 Å². The zero-order valence-electron chi connectivity index (χ0n) is 22.8. The van der Waals surface area contributed by atoms with Gasteiger partial charge in [-0.3, -0.25) is 24.2 Å². The van der Waals surface area contributed by atoms with E-state index >= 15 is 0 Å². The van der Waals surface area contributed by atoms with E-state index in [0.29, 0.717) is 23.9 Å². The Hall–Kier alpha value is -3.73. The molecule has 4 fully saturated rings. The van der Waals surface area contributed by atoms with Crippen molar-refractivity contribution in [3.05, 3.63) is 97.2 Å². The van der Waals surface area contributed by atoms with Gasteiger partial charge < -0.3 is 0 Å². The molecule has 8 atom stereocenters. The fourth-order valence-electron chi connectivity index (χ4n) is 7.91. The number of rotatable bonds is 6. The summed E-state index contributed by atoms with van der Waals surface area (Å²) in [5, 5.41) is 0. The lowest BCUT2D eigenvalue weighted by Crippen LogP contribution is -2.33. The highest BCUT2D eigenvalue weighted by Gasteiger charge is 2.57. The van der Waals surface area contributed by atoms with Gasteiger partial charge in [0.2, 0.25) is 17.7 Å². The Morgan fingerprint density at radius 1 is 0.667 bits per heavy atom. The van der Waals surface area contributed by atoms with Crippen LogP contribution in [0.1, 0.15) is 37.8 Å². The number of allylic oxidation sites excluding steroid dienone is 3. The largest absolute Gasteiger partial charge is 0.285 e. The van der Waals surface area contributed by atoms with Crippen LogP contribution in [0.15, 0.2) is 86.1 Å². The summed E-state index contributed by atoms with van der Waals surface area (Å²) >= 11 is 0. The highest BCUT2D eigenvalue weighted by molar-refractivity contribution is 6.22. The zero-order chi connectivity index (χ0) is 27.6. The van der Waals surface area contributed by atoms with E-state index < -0.39 is 0 Å². The quantitative estimate of drug-likeness (QED) is 0.339. The second kappa shape index (κ2) is 9.48. The summed E-state index contributed by atoms with van der Waals surface area (Å²) in [6.45, 7) is 16.4. The number of hydrogen-bond acceptors (Lipinski definition) is 3. The molecule has 0 bridgehead atoms. The van der Waals surface area contributed by atoms with E-state index in [2.05, 4.69) is 45.7 Å². The van der Waals surface area contributed by atoms with Crippen LogP contribution in [0.2, 0.25) is 0 Å². The molecular weight excluding hydrogens is 484 g/mol. The average molecular weight is 521 g/mol. The van der Waals surface area contributed by atoms with Crippen molar-refractivity contribution in [2.45, 2.75) is 33.1 Å². The van der Waals surface area contributed by atoms with Crippen LogP contribution in [0.5, 0.6) is 0 Å². The Kier molecular flexibility index (Phi) is 6.21. The number of nitrogens with zero attached hydrogens (tertiary/aromatic N) is 2. The summed E-state index contributed by atoms with van der Waals surface area (Å²) in [4.78, 5) is 42.9. The molecule has 6 rings (SSSR count). The van der Waals surface area contributed by atoms with Crippen LogP contribution >= 0.6 is 0 Å². The minimum Gasteiger partial charge on any atom is -0.285 e. The number of imide groups is 1. The van der Waals surface area contributed by atoms with E-state index in [1.807, 2.05) is 48.6 Å². The maximum atomic E-state index is 13.3. The maximum absolute atomic E-state index is 13.3. The third-order valence-corrected chi connectivity index (χ3v) is 9.80. The Balaban J connectivity index is 1.15. The molecule has 39 heavy (non-hydrogen) atoms. The number of amides is 3. The fourth-order valence-corrected chi connectivity index (χ4v) is 7.91. The van der Waals surface area contributed by atoms with Gasteiger partial charge in [0.05, 0.1) is 23.4 Å². The van der Waals surface area contributed by atoms with Gasteiger partial charge in [-0.15, -0.1) is 13.2 Å². The standard InChI is InChI=1S/C34H36N2O3/c1-6-24-16-19(3)28-30(24)21(5)35(32(28)37)26-12-8-22(9-13-26)18-23-10-14-27(15-11-23)36-33(38)29-20(4)17-25(7-2)31(29)34(36)39/h6-15,19-20,24-25,28-31H,1-2,5,16-18H2,3-4H3. The molecule has 3 amide bonds. The first-order chi connectivity index (χ1) is 18.7. The molecule has 0 spiro atoms. The molecule has 2 aliphatic carbocycles. The molecule has 2 saturated carbocycles. The second-order valence-corrected chi connectivity index (χ2v) is 12.0. The van der Waals surface area contributed by atoms with E-state index in [4.69, 9.17) is 0 Å². The molecule has 200 valence electrons. The van der Waals surface area contributed by atoms with Gasteiger partial charge in [0, 0.05) is 17.3 Å². The number of anilines is 2. The van der Waals surface area contributed by atoms with E-state index in [1.54, 1.807) is 4.90 Å². The first-order valence-corrected chi connectivity index (χ1v) is 14.1. The van der Waals surface area contributed by atoms with Crippen LogP contribution in [0, 0.1) is 47.3 Å². The maximum Gasteiger partial charge on any atom is 0.238 e. The van der Waals surface area contributed by atoms with Crippen molar-refractivity contribution in [3.8, 4) is 0 Å². The lowest BCUT2D eigenvalue weighted by atomic mass is 9.89. The minimum absolute atomic E-state index is 0.0153. The SMILES string of the molecule is C=CC1CC(C)C2C(=O)N(c3ccc(Cc4ccc(N5C(=O)C6C(C)CC(C=C)C6C5=O)cc4)cc3)C(=C)C12. The predicted molar refractivity (Wildman–Crippen MR) is 154 cm³/mol. The van der Waals surface area contributed by atoms with Gasteiger partial charge in [0.25, 0.3) is 0 Å². The molecule has 8 unspecified atom stereocenters. The molecule has 5 nitrogen and oxygen atoms in total. The van der Waals surface area contributed by atoms with Crippen LogP contribution in [0.25, 0.3) is 0 Å². The Morgan fingerprint density at radius 2 is 1.08 bits per heavy atom. The highest BCUT2D eigenvalue weighted by atomic mass is 16.2. The van der Waals surface area contributed by atoms with Gasteiger partial charge in [-0.1, -0.05) is 56.8 Å². The van der Waals surface area contributed by atoms with Crippen LogP contribution in [-0.2, 0) is 20.8 Å². The van der Waals surface area contributed by atoms with Crippen molar-refractivity contribution >= 4 is 29.1 Å². The molecule has 0 aromatic heterocycles. The molecule has 2 aliphatic heterocycles. The van der Waals surface area contributed by atoms with Crippen molar-refractivity contribution < 1.29 is 14.4 Å². The van der Waals surface area contributed by atoms with Gasteiger partial charge in [-0.25, -0.2) is 0 Å². The molecule has 5 heteroatoms. The number of fused-ring (bicyclic) bond motifs is 2. The Labute approximate surface area is 230 Å². The van der Waals surface area contributed by atoms with Crippen LogP contribution in [0.4, 0.5) is 11.4 Å². The van der Waals surface area contributed by atoms with Gasteiger partial charge in [-0.2, -0.15) is 0 Å². The molecular formula is C34H36N2O3. The smallest absolute Gasteiger partial charge is 0.238 e. The summed E-state index contributed by atoms with van der Waals surface area (Å²) in [6, 6.07) is 15.8. The number of carbonyl (C=O) groups excluding carboxylic acids is 3. The van der Waals surface area contributed by atoms with Gasteiger partial charge in [-0.05, 0) is 78.3 Å². The van der Waals surface area contributed by atoms with Gasteiger partial charge in [0.15, 0.2) is 0 Å². The van der Waals surface area contributed by atoms with E-state index in [-0.39, 0.29) is 53.2 Å². The molecule has 0 radical (unpaired) electrons. The summed E-state index contributed by atoms with van der Waals surface area (Å²) in [5.41, 5.74) is 4.58. The van der Waals surface area contributed by atoms with Crippen LogP contribution in [-0.4, -0.2) is 17.7 Å². The van der Waals surface area contributed by atoms with Crippen molar-refractivity contribution in [2.75, 3.05) is 9.80 Å². The first-order valence-electron chi connectivity index (χ1n) is 14.1. The summed E-state index contributed by atoms with van der Waals surface area (Å²) in [7, 11) is 0. The number of hydrogen-bond donors (Lipinski definition) is 0. The monoisotopic (exact) mass is 520 g/mol. The molecule has 2 saturated heterocycles. The van der Waals surface area contributed by atoms with E-state index in [0.717, 1.165) is 35.4 Å². The van der Waals surface area contributed by atoms with Crippen molar-refractivity contribution in [1.82, 2.24) is 0 Å². The molecule has 2 aromatic carbocycles. The predicted octanol–water partition coefficient (Wildman–Crippen LogP) is 6.16. The molecule has 2 aromatic rings. The normalized spacial score (nSPS) is 33.6. The van der Waals surface area contributed by atoms with E-state index in [1.165, 1.54) is 4.90 Å². The van der Waals surface area contributed by atoms with Gasteiger partial charge >= 0.3 is 0 Å². The molecule has 2 heterocycles. The Bertz CT molecular complexity index is 1270. The minimum atomic E-state index is -0.285. The third-order valence-electron chi connectivity index (χ3n) is 9.80. The molecule has 0 N–H and O–H groups in total. The fraction of sp³-hybridized carbons (Fsp3) is 0.382. The topological polar surface area (TPSA) is 57.7 Å². The summed E-state index contributed by atoms with van der Waals surface area (Å²) in [6.07, 6.45) is 6.36. The van der Waals surface area contributed by atoms with Crippen LogP contribution < -0.4 is 9.80 Å². The molecule has 4 aliphatic rings. The summed E-state index contributed by atoms with van der Waals surface area (Å²) in [5.74, 6) is 0.429. The lowest BCUT2D eigenvalue weighted by Gasteiger charge is -2.22. The third kappa shape index (κ3) is 3.85. The van der Waals surface area contributed by atoms with Crippen molar-refractivity contribution in [1.29, 1.82) is 0 Å². The zero-order valence-corrected chi connectivity index (χ0v) is 22.8. The van der Waals surface area contributed by atoms with Crippen LogP contribution in [0.3, 0.4) is 0 Å². The number of carbonyl (C=O) groups is 3. The van der Waals surface area contributed by atoms with E-state index in [9.17, 15) is 14.4 Å². The summed E-state index contributed by atoms with van der Waals surface area (Å²) < 4.78 is 0. The van der Waals surface area contributed by atoms with Crippen molar-refractivity contribution in [2.24, 2.45) is 47.3 Å². The second-order valence-electron chi connectivity index (χ2n) is 12.0.